The minimum absolute atomic E-state index is 0.210. The normalized spacial score (nSPS) is 11.7. The van der Waals surface area contributed by atoms with Crippen LogP contribution >= 0.6 is 0 Å². The molecule has 172 valence electrons. The smallest absolute Gasteiger partial charge is 0.340 e. The highest BCUT2D eigenvalue weighted by Gasteiger charge is 2.24. The Bertz CT molecular complexity index is 1380. The van der Waals surface area contributed by atoms with Crippen molar-refractivity contribution in [1.82, 2.24) is 4.98 Å². The molecule has 0 saturated heterocycles. The van der Waals surface area contributed by atoms with Crippen LogP contribution in [0.3, 0.4) is 0 Å². The van der Waals surface area contributed by atoms with E-state index in [4.69, 9.17) is 9.47 Å². The van der Waals surface area contributed by atoms with Gasteiger partial charge in [-0.2, -0.15) is 0 Å². The van der Waals surface area contributed by atoms with Crippen LogP contribution in [-0.4, -0.2) is 34.5 Å². The van der Waals surface area contributed by atoms with Crippen LogP contribution in [0.4, 0.5) is 0 Å². The van der Waals surface area contributed by atoms with Crippen LogP contribution in [0.2, 0.25) is 0 Å². The molecule has 34 heavy (non-hydrogen) atoms. The van der Waals surface area contributed by atoms with Crippen LogP contribution in [0, 0.1) is 0 Å². The molecule has 7 heteroatoms. The third-order valence-corrected chi connectivity index (χ3v) is 6.03. The zero-order valence-electron chi connectivity index (χ0n) is 18.8. The molecule has 0 saturated carbocycles. The van der Waals surface area contributed by atoms with Crippen molar-refractivity contribution in [2.45, 2.75) is 12.4 Å². The molecule has 3 aromatic carbocycles. The Labute approximate surface area is 200 Å². The van der Waals surface area contributed by atoms with Crippen molar-refractivity contribution < 1.29 is 23.3 Å². The van der Waals surface area contributed by atoms with Crippen LogP contribution in [0.1, 0.15) is 32.0 Å². The molecule has 1 aromatic heterocycles. The number of esters is 2. The van der Waals surface area contributed by atoms with Gasteiger partial charge in [0.25, 0.3) is 0 Å². The Balaban J connectivity index is 1.75. The number of pyridine rings is 1. The number of methoxy groups -OCH3 is 1. The molecule has 0 bridgehead atoms. The Hall–Kier alpha value is -3.84. The topological polar surface area (TPSA) is 82.6 Å². The molecule has 0 radical (unpaired) electrons. The second kappa shape index (κ2) is 10.4. The number of ether oxygens (including phenoxy) is 2. The van der Waals surface area contributed by atoms with Gasteiger partial charge in [-0.1, -0.05) is 60.7 Å². The minimum Gasteiger partial charge on any atom is -0.465 e. The zero-order chi connectivity index (χ0) is 24.1. The number of hydrogen-bond donors (Lipinski definition) is 0. The van der Waals surface area contributed by atoms with Gasteiger partial charge in [-0.25, -0.2) is 14.6 Å². The molecule has 4 aromatic rings. The predicted octanol–water partition coefficient (Wildman–Crippen LogP) is 4.92. The largest absolute Gasteiger partial charge is 0.465 e. The first-order valence-electron chi connectivity index (χ1n) is 10.6. The van der Waals surface area contributed by atoms with E-state index in [-0.39, 0.29) is 12.2 Å². The van der Waals surface area contributed by atoms with Crippen molar-refractivity contribution in [3.63, 3.8) is 0 Å². The SMILES string of the molecule is COC(=O)c1c(COC(=O)c2cccc(CS(C)=O)c2)nc2ccccc2c1-c1ccccc1. The Morgan fingerprint density at radius 3 is 2.38 bits per heavy atom. The first-order chi connectivity index (χ1) is 16.5. The average Bonchev–Trinajstić information content (AvgIpc) is 2.86. The van der Waals surface area contributed by atoms with Gasteiger partial charge in [-0.3, -0.25) is 4.21 Å². The van der Waals surface area contributed by atoms with Crippen LogP contribution in [0.5, 0.6) is 0 Å². The quantitative estimate of drug-likeness (QED) is 0.354. The van der Waals surface area contributed by atoms with Gasteiger partial charge in [0.2, 0.25) is 0 Å². The zero-order valence-corrected chi connectivity index (χ0v) is 19.6. The maximum Gasteiger partial charge on any atom is 0.340 e. The van der Waals surface area contributed by atoms with E-state index in [0.717, 1.165) is 16.5 Å². The lowest BCUT2D eigenvalue weighted by Gasteiger charge is -2.16. The van der Waals surface area contributed by atoms with Gasteiger partial charge in [-0.05, 0) is 29.3 Å². The molecule has 0 fully saturated rings. The van der Waals surface area contributed by atoms with Crippen molar-refractivity contribution in [3.05, 3.63) is 101 Å². The van der Waals surface area contributed by atoms with Gasteiger partial charge >= 0.3 is 11.9 Å². The second-order valence-corrected chi connectivity index (χ2v) is 9.11. The summed E-state index contributed by atoms with van der Waals surface area (Å²) >= 11 is 0. The lowest BCUT2D eigenvalue weighted by Crippen LogP contribution is -2.14. The summed E-state index contributed by atoms with van der Waals surface area (Å²) in [4.78, 5) is 30.3. The van der Waals surface area contributed by atoms with E-state index < -0.39 is 22.7 Å². The van der Waals surface area contributed by atoms with E-state index in [2.05, 4.69) is 4.98 Å². The van der Waals surface area contributed by atoms with Gasteiger partial charge in [0.15, 0.2) is 0 Å². The van der Waals surface area contributed by atoms with E-state index >= 15 is 0 Å². The van der Waals surface area contributed by atoms with Crippen molar-refractivity contribution >= 4 is 33.6 Å². The van der Waals surface area contributed by atoms with E-state index in [1.165, 1.54) is 7.11 Å². The lowest BCUT2D eigenvalue weighted by atomic mass is 9.94. The Morgan fingerprint density at radius 2 is 1.65 bits per heavy atom. The fraction of sp³-hybridized carbons (Fsp3) is 0.148. The molecule has 0 spiro atoms. The van der Waals surface area contributed by atoms with Gasteiger partial charge in [0, 0.05) is 33.8 Å². The number of rotatable bonds is 7. The van der Waals surface area contributed by atoms with Gasteiger partial charge in [-0.15, -0.1) is 0 Å². The molecular weight excluding hydrogens is 450 g/mol. The number of hydrogen-bond acceptors (Lipinski definition) is 6. The molecule has 0 amide bonds. The van der Waals surface area contributed by atoms with Gasteiger partial charge in [0.1, 0.15) is 6.61 Å². The number of fused-ring (bicyclic) bond motifs is 1. The number of carbonyl (C=O) groups excluding carboxylic acids is 2. The summed E-state index contributed by atoms with van der Waals surface area (Å²) in [6.45, 7) is -0.210. The maximum atomic E-state index is 12.9. The number of benzene rings is 3. The number of carbonyl (C=O) groups is 2. The molecule has 0 N–H and O–H groups in total. The molecular formula is C27H23NO5S. The highest BCUT2D eigenvalue weighted by Crippen LogP contribution is 2.34. The van der Waals surface area contributed by atoms with Gasteiger partial charge in [0.05, 0.1) is 29.4 Å². The van der Waals surface area contributed by atoms with Crippen molar-refractivity contribution in [1.29, 1.82) is 0 Å². The molecule has 0 aliphatic rings. The predicted molar refractivity (Wildman–Crippen MR) is 132 cm³/mol. The molecule has 1 heterocycles. The molecule has 0 aliphatic heterocycles. The van der Waals surface area contributed by atoms with Crippen molar-refractivity contribution in [3.8, 4) is 11.1 Å². The third kappa shape index (κ3) is 5.05. The van der Waals surface area contributed by atoms with Crippen molar-refractivity contribution in [2.75, 3.05) is 13.4 Å². The second-order valence-electron chi connectivity index (χ2n) is 7.68. The summed E-state index contributed by atoms with van der Waals surface area (Å²) in [7, 11) is 0.282. The maximum absolute atomic E-state index is 12.9. The van der Waals surface area contributed by atoms with E-state index in [9.17, 15) is 13.8 Å². The fourth-order valence-corrected chi connectivity index (χ4v) is 4.48. The van der Waals surface area contributed by atoms with E-state index in [1.807, 2.05) is 60.7 Å². The summed E-state index contributed by atoms with van der Waals surface area (Å²) in [5.41, 5.74) is 3.87. The monoisotopic (exact) mass is 473 g/mol. The third-order valence-electron chi connectivity index (χ3n) is 5.29. The van der Waals surface area contributed by atoms with Crippen LogP contribution in [0.25, 0.3) is 22.0 Å². The summed E-state index contributed by atoms with van der Waals surface area (Å²) in [5.74, 6) is -0.772. The Morgan fingerprint density at radius 1 is 0.912 bits per heavy atom. The summed E-state index contributed by atoms with van der Waals surface area (Å²) in [6.07, 6.45) is 1.61. The first kappa shape index (κ1) is 23.3. The van der Waals surface area contributed by atoms with E-state index in [0.29, 0.717) is 28.1 Å². The lowest BCUT2D eigenvalue weighted by molar-refractivity contribution is 0.0456. The summed E-state index contributed by atoms with van der Waals surface area (Å²) < 4.78 is 22.2. The molecule has 1 atom stereocenters. The summed E-state index contributed by atoms with van der Waals surface area (Å²) in [5, 5.41) is 0.796. The Kier molecular flexibility index (Phi) is 7.13. The summed E-state index contributed by atoms with van der Waals surface area (Å²) in [6, 6.07) is 23.8. The highest BCUT2D eigenvalue weighted by atomic mass is 32.2. The molecule has 1 unspecified atom stereocenters. The van der Waals surface area contributed by atoms with Crippen LogP contribution in [0.15, 0.2) is 78.9 Å². The fourth-order valence-electron chi connectivity index (χ4n) is 3.83. The van der Waals surface area contributed by atoms with Crippen LogP contribution < -0.4 is 0 Å². The first-order valence-corrected chi connectivity index (χ1v) is 12.3. The number of aromatic nitrogens is 1. The molecule has 6 nitrogen and oxygen atoms in total. The molecule has 0 aliphatic carbocycles. The standard InChI is InChI=1S/C27H23NO5S/c1-32-27(30)25-23(16-33-26(29)20-12-8-9-18(15-20)17-34(2)31)28-22-14-7-6-13-21(22)24(25)19-10-4-3-5-11-19/h3-15H,16-17H2,1-2H3. The molecule has 4 rings (SSSR count). The average molecular weight is 474 g/mol. The van der Waals surface area contributed by atoms with Crippen LogP contribution in [-0.2, 0) is 32.6 Å². The van der Waals surface area contributed by atoms with Gasteiger partial charge < -0.3 is 9.47 Å². The minimum atomic E-state index is -1.03. The number of nitrogens with zero attached hydrogens (tertiary/aromatic N) is 1. The van der Waals surface area contributed by atoms with Crippen molar-refractivity contribution in [2.24, 2.45) is 0 Å². The van der Waals surface area contributed by atoms with E-state index in [1.54, 1.807) is 24.5 Å². The highest BCUT2D eigenvalue weighted by molar-refractivity contribution is 7.83. The number of para-hydroxylation sites is 1.